The van der Waals surface area contributed by atoms with Crippen molar-refractivity contribution in [3.63, 3.8) is 0 Å². The number of aliphatic imine (C=N–C) groups is 1. The molecule has 0 aliphatic carbocycles. The fraction of sp³-hybridized carbons (Fsp3) is 0.345. The summed E-state index contributed by atoms with van der Waals surface area (Å²) in [5.41, 5.74) is 14.8. The van der Waals surface area contributed by atoms with E-state index < -0.39 is 10.0 Å². The number of aryl methyl sites for hydroxylation is 3. The second-order valence-electron chi connectivity index (χ2n) is 10.2. The molecule has 0 bridgehead atoms. The molecule has 1 fully saturated rings. The molecule has 3 aromatic rings. The van der Waals surface area contributed by atoms with Gasteiger partial charge in [0.15, 0.2) is 0 Å². The monoisotopic (exact) mass is 534 g/mol. The van der Waals surface area contributed by atoms with Gasteiger partial charge in [-0.25, -0.2) is 13.4 Å². The molecule has 38 heavy (non-hydrogen) atoms. The summed E-state index contributed by atoms with van der Waals surface area (Å²) < 4.78 is 27.5. The van der Waals surface area contributed by atoms with Gasteiger partial charge in [0.1, 0.15) is 0 Å². The first-order chi connectivity index (χ1) is 18.2. The van der Waals surface area contributed by atoms with Gasteiger partial charge in [0.2, 0.25) is 16.0 Å². The maximum atomic E-state index is 13.0. The molecular formula is C29H38N6O2S. The number of nitrogens with one attached hydrogen (secondary N) is 3. The number of hydrazine groups is 1. The van der Waals surface area contributed by atoms with E-state index in [1.165, 1.54) is 33.8 Å². The van der Waals surface area contributed by atoms with Crippen LogP contribution in [0, 0.1) is 20.8 Å². The lowest BCUT2D eigenvalue weighted by atomic mass is 9.93. The third kappa shape index (κ3) is 5.41. The van der Waals surface area contributed by atoms with Crippen molar-refractivity contribution in [2.45, 2.75) is 38.5 Å². The van der Waals surface area contributed by atoms with Crippen molar-refractivity contribution in [2.24, 2.45) is 4.99 Å². The highest BCUT2D eigenvalue weighted by atomic mass is 32.2. The first kappa shape index (κ1) is 26.2. The van der Waals surface area contributed by atoms with Gasteiger partial charge in [0, 0.05) is 27.3 Å². The van der Waals surface area contributed by atoms with Crippen LogP contribution in [-0.2, 0) is 10.0 Å². The van der Waals surface area contributed by atoms with E-state index in [9.17, 15) is 8.42 Å². The zero-order chi connectivity index (χ0) is 26.9. The van der Waals surface area contributed by atoms with Crippen LogP contribution in [0.1, 0.15) is 31.0 Å². The largest absolute Gasteiger partial charge is 0.325 e. The minimum absolute atomic E-state index is 0. The Hall–Kier alpha value is -3.40. The molecule has 2 aliphatic heterocycles. The summed E-state index contributed by atoms with van der Waals surface area (Å²) in [4.78, 5) is 7.38. The third-order valence-electron chi connectivity index (χ3n) is 7.36. The molecule has 0 unspecified atom stereocenters. The number of guanidine groups is 1. The van der Waals surface area contributed by atoms with Gasteiger partial charge >= 0.3 is 0 Å². The molecule has 0 aromatic heterocycles. The molecule has 0 spiro atoms. The Morgan fingerprint density at radius 3 is 2.34 bits per heavy atom. The number of sulfonamides is 1. The van der Waals surface area contributed by atoms with E-state index in [-0.39, 0.29) is 6.32 Å². The van der Waals surface area contributed by atoms with E-state index in [2.05, 4.69) is 72.2 Å². The summed E-state index contributed by atoms with van der Waals surface area (Å²) in [6, 6.07) is 17.4. The minimum atomic E-state index is -3.54. The zero-order valence-corrected chi connectivity index (χ0v) is 23.3. The Kier molecular flexibility index (Phi) is 7.43. The molecule has 9 heteroatoms. The van der Waals surface area contributed by atoms with E-state index >= 15 is 0 Å². The number of rotatable bonds is 7. The number of nitrogens with zero attached hydrogens (tertiary/aromatic N) is 3. The minimum Gasteiger partial charge on any atom is -0.325 e. The van der Waals surface area contributed by atoms with Crippen molar-refractivity contribution >= 4 is 33.0 Å². The highest BCUT2D eigenvalue weighted by Crippen LogP contribution is 2.37. The molecule has 0 atom stereocenters. The lowest BCUT2D eigenvalue weighted by Gasteiger charge is -2.23. The van der Waals surface area contributed by atoms with E-state index in [1.54, 1.807) is 31.3 Å². The molecule has 0 saturated carbocycles. The Labute approximate surface area is 227 Å². The molecule has 2 heterocycles. The number of hydrogen-bond acceptors (Lipinski definition) is 7. The second kappa shape index (κ2) is 10.8. The standard InChI is InChI=1S/C29H36N6O2S.H2/c1-20-8-7-9-21(2)27(20)23-18-22(3)28-26(19-23)32-33-29(31-28)30-24-10-12-25(13-11-24)38(36,37)34(4)16-17-35-14-5-6-15-35;/h7-13,18-19,32H,5-6,14-17H2,1-4H3,(H2,30,31,33);1H. The molecule has 1 saturated heterocycles. The van der Waals surface area contributed by atoms with Gasteiger partial charge in [0.25, 0.3) is 0 Å². The maximum absolute atomic E-state index is 13.0. The van der Waals surface area contributed by atoms with Crippen LogP contribution in [0.15, 0.2) is 64.5 Å². The molecule has 3 aromatic carbocycles. The predicted octanol–water partition coefficient (Wildman–Crippen LogP) is 5.27. The van der Waals surface area contributed by atoms with Gasteiger partial charge < -0.3 is 10.2 Å². The second-order valence-corrected chi connectivity index (χ2v) is 12.2. The summed E-state index contributed by atoms with van der Waals surface area (Å²) in [7, 11) is -1.89. The number of anilines is 2. The normalized spacial score (nSPS) is 15.6. The molecule has 0 amide bonds. The summed E-state index contributed by atoms with van der Waals surface area (Å²) in [6.45, 7) is 9.68. The Balaban J connectivity index is 0.00000353. The fourth-order valence-electron chi connectivity index (χ4n) is 5.20. The fourth-order valence-corrected chi connectivity index (χ4v) is 6.36. The summed E-state index contributed by atoms with van der Waals surface area (Å²) in [5.74, 6) is 0.541. The zero-order valence-electron chi connectivity index (χ0n) is 22.5. The van der Waals surface area contributed by atoms with E-state index in [4.69, 9.17) is 4.99 Å². The van der Waals surface area contributed by atoms with Crippen LogP contribution in [0.25, 0.3) is 11.1 Å². The van der Waals surface area contributed by atoms with Crippen LogP contribution in [0.5, 0.6) is 0 Å². The number of hydrogen-bond donors (Lipinski definition) is 3. The SMILES string of the molecule is Cc1cc(-c2c(C)cccc2C)cc2c1N=C(Nc1ccc(S(=O)(=O)N(C)CCN3CCCC3)cc1)NN2.[HH]. The summed E-state index contributed by atoms with van der Waals surface area (Å²) >= 11 is 0. The van der Waals surface area contributed by atoms with Crippen LogP contribution >= 0.6 is 0 Å². The Bertz CT molecular complexity index is 1450. The summed E-state index contributed by atoms with van der Waals surface area (Å²) in [5, 5.41) is 3.24. The number of likely N-dealkylation sites (N-methyl/N-ethyl adjacent to an activating group) is 1. The van der Waals surface area contributed by atoms with E-state index in [0.29, 0.717) is 12.5 Å². The highest BCUT2D eigenvalue weighted by Gasteiger charge is 2.22. The highest BCUT2D eigenvalue weighted by molar-refractivity contribution is 7.89. The molecule has 0 radical (unpaired) electrons. The number of benzene rings is 3. The van der Waals surface area contributed by atoms with Gasteiger partial charge in [-0.05, 0) is 111 Å². The predicted molar refractivity (Wildman–Crippen MR) is 158 cm³/mol. The van der Waals surface area contributed by atoms with Crippen LogP contribution < -0.4 is 16.2 Å². The van der Waals surface area contributed by atoms with Crippen molar-refractivity contribution in [1.82, 2.24) is 14.6 Å². The topological polar surface area (TPSA) is 89.1 Å². The molecule has 5 rings (SSSR count). The lowest BCUT2D eigenvalue weighted by molar-refractivity contribution is 0.310. The van der Waals surface area contributed by atoms with Crippen molar-refractivity contribution in [1.29, 1.82) is 0 Å². The van der Waals surface area contributed by atoms with Crippen LogP contribution in [0.4, 0.5) is 17.1 Å². The van der Waals surface area contributed by atoms with E-state index in [0.717, 1.165) is 47.8 Å². The number of likely N-dealkylation sites (tertiary alicyclic amines) is 1. The van der Waals surface area contributed by atoms with Crippen LogP contribution in [0.3, 0.4) is 0 Å². The molecule has 2 aliphatic rings. The molecule has 8 nitrogen and oxygen atoms in total. The van der Waals surface area contributed by atoms with Crippen molar-refractivity contribution in [3.05, 3.63) is 71.3 Å². The van der Waals surface area contributed by atoms with Crippen molar-refractivity contribution < 1.29 is 9.84 Å². The summed E-state index contributed by atoms with van der Waals surface area (Å²) in [6.07, 6.45) is 2.39. The smallest absolute Gasteiger partial charge is 0.242 e. The Morgan fingerprint density at radius 1 is 0.974 bits per heavy atom. The first-order valence-electron chi connectivity index (χ1n) is 13.1. The van der Waals surface area contributed by atoms with Crippen molar-refractivity contribution in [2.75, 3.05) is 44.0 Å². The quantitative estimate of drug-likeness (QED) is 0.383. The van der Waals surface area contributed by atoms with Gasteiger partial charge in [0.05, 0.1) is 16.3 Å². The Morgan fingerprint density at radius 2 is 1.66 bits per heavy atom. The van der Waals surface area contributed by atoms with Crippen LogP contribution in [-0.4, -0.2) is 56.8 Å². The van der Waals surface area contributed by atoms with Gasteiger partial charge in [-0.1, -0.05) is 18.2 Å². The van der Waals surface area contributed by atoms with Gasteiger partial charge in [-0.15, -0.1) is 0 Å². The van der Waals surface area contributed by atoms with Crippen molar-refractivity contribution in [3.8, 4) is 11.1 Å². The van der Waals surface area contributed by atoms with Gasteiger partial charge in [-0.3, -0.25) is 10.9 Å². The average molecular weight is 535 g/mol. The van der Waals surface area contributed by atoms with Crippen LogP contribution in [0.2, 0.25) is 0 Å². The maximum Gasteiger partial charge on any atom is 0.242 e. The van der Waals surface area contributed by atoms with Gasteiger partial charge in [-0.2, -0.15) is 4.31 Å². The third-order valence-corrected chi connectivity index (χ3v) is 9.24. The van der Waals surface area contributed by atoms with E-state index in [1.807, 2.05) is 0 Å². The molecule has 202 valence electrons. The number of fused-ring (bicyclic) bond motifs is 1. The lowest BCUT2D eigenvalue weighted by Crippen LogP contribution is -2.37. The average Bonchev–Trinajstić information content (AvgIpc) is 3.42. The molecular weight excluding hydrogens is 496 g/mol. The first-order valence-corrected chi connectivity index (χ1v) is 14.5. The molecule has 3 N–H and O–H groups in total.